The van der Waals surface area contributed by atoms with Gasteiger partial charge in [0.25, 0.3) is 0 Å². The molecule has 0 atom stereocenters. The lowest BCUT2D eigenvalue weighted by atomic mass is 10.1. The van der Waals surface area contributed by atoms with E-state index in [2.05, 4.69) is 0 Å². The van der Waals surface area contributed by atoms with E-state index in [1.165, 1.54) is 0 Å². The van der Waals surface area contributed by atoms with Crippen molar-refractivity contribution < 1.29 is 9.53 Å². The second-order valence-electron chi connectivity index (χ2n) is 5.87. The molecule has 0 saturated heterocycles. The number of esters is 1. The van der Waals surface area contributed by atoms with Crippen LogP contribution in [0.25, 0.3) is 17.0 Å². The number of hydrogen-bond acceptors (Lipinski definition) is 3. The van der Waals surface area contributed by atoms with Crippen molar-refractivity contribution in [3.63, 3.8) is 0 Å². The van der Waals surface area contributed by atoms with Gasteiger partial charge in [-0.3, -0.25) is 0 Å². The van der Waals surface area contributed by atoms with Crippen LogP contribution in [0.5, 0.6) is 0 Å². The first-order valence-electron chi connectivity index (χ1n) is 8.34. The van der Waals surface area contributed by atoms with Crippen LogP contribution < -0.4 is 0 Å². The summed E-state index contributed by atoms with van der Waals surface area (Å²) < 4.78 is 6.98. The highest BCUT2D eigenvalue weighted by atomic mass is 35.5. The van der Waals surface area contributed by atoms with E-state index in [1.54, 1.807) is 19.1 Å². The van der Waals surface area contributed by atoms with E-state index < -0.39 is 5.97 Å². The van der Waals surface area contributed by atoms with Crippen LogP contribution in [0.2, 0.25) is 10.0 Å². The van der Waals surface area contributed by atoms with Crippen molar-refractivity contribution in [3.8, 4) is 6.07 Å². The Labute approximate surface area is 167 Å². The van der Waals surface area contributed by atoms with Gasteiger partial charge in [0, 0.05) is 29.2 Å². The summed E-state index contributed by atoms with van der Waals surface area (Å²) in [4.78, 5) is 11.9. The SMILES string of the molecule is CCOC(=O)/C(C#N)=C\c1cn(Cc2ccc(Cl)c(Cl)c2)c2ccccc12. The van der Waals surface area contributed by atoms with E-state index >= 15 is 0 Å². The van der Waals surface area contributed by atoms with Gasteiger partial charge in [0.2, 0.25) is 0 Å². The lowest BCUT2D eigenvalue weighted by Gasteiger charge is -2.06. The van der Waals surface area contributed by atoms with Gasteiger partial charge >= 0.3 is 5.97 Å². The number of hydrogen-bond donors (Lipinski definition) is 0. The second-order valence-corrected chi connectivity index (χ2v) is 6.68. The van der Waals surface area contributed by atoms with Crippen LogP contribution in [0.15, 0.2) is 54.2 Å². The lowest BCUT2D eigenvalue weighted by molar-refractivity contribution is -0.137. The molecule has 4 nitrogen and oxygen atoms in total. The van der Waals surface area contributed by atoms with Gasteiger partial charge in [0.05, 0.1) is 16.7 Å². The minimum atomic E-state index is -0.624. The standard InChI is InChI=1S/C21H16Cl2N2O2/c1-2-27-21(26)15(11-24)10-16-13-25(20-6-4-3-5-17(16)20)12-14-7-8-18(22)19(23)9-14/h3-10,13H,2,12H2,1H3/b15-10-. The molecule has 0 aliphatic rings. The summed E-state index contributed by atoms with van der Waals surface area (Å²) in [6.07, 6.45) is 3.47. The molecule has 0 saturated carbocycles. The molecule has 0 aliphatic carbocycles. The number of rotatable bonds is 5. The van der Waals surface area contributed by atoms with Gasteiger partial charge in [0.1, 0.15) is 11.6 Å². The fraction of sp³-hybridized carbons (Fsp3) is 0.143. The van der Waals surface area contributed by atoms with Gasteiger partial charge in [-0.05, 0) is 36.8 Å². The van der Waals surface area contributed by atoms with E-state index in [1.807, 2.05) is 53.2 Å². The average Bonchev–Trinajstić information content (AvgIpc) is 3.00. The number of carbonyl (C=O) groups is 1. The molecule has 136 valence electrons. The topological polar surface area (TPSA) is 55.0 Å². The van der Waals surface area contributed by atoms with Gasteiger partial charge in [-0.1, -0.05) is 47.5 Å². The van der Waals surface area contributed by atoms with Crippen LogP contribution in [0.3, 0.4) is 0 Å². The summed E-state index contributed by atoms with van der Waals surface area (Å²) in [5.74, 6) is -0.624. The highest BCUT2D eigenvalue weighted by Crippen LogP contribution is 2.27. The van der Waals surface area contributed by atoms with E-state index in [9.17, 15) is 10.1 Å². The maximum Gasteiger partial charge on any atom is 0.348 e. The molecule has 1 heterocycles. The number of halogens is 2. The molecule has 0 N–H and O–H groups in total. The Hall–Kier alpha value is -2.74. The first-order chi connectivity index (χ1) is 13.0. The quantitative estimate of drug-likeness (QED) is 0.325. The Morgan fingerprint density at radius 2 is 2.00 bits per heavy atom. The second kappa shape index (κ2) is 8.30. The summed E-state index contributed by atoms with van der Waals surface area (Å²) in [5, 5.41) is 11.3. The molecule has 2 aromatic carbocycles. The molecule has 0 bridgehead atoms. The lowest BCUT2D eigenvalue weighted by Crippen LogP contribution is -2.05. The molecule has 0 unspecified atom stereocenters. The third-order valence-electron chi connectivity index (χ3n) is 4.07. The molecule has 0 spiro atoms. The van der Waals surface area contributed by atoms with Crippen molar-refractivity contribution in [2.45, 2.75) is 13.5 Å². The number of para-hydroxylation sites is 1. The molecule has 1 aromatic heterocycles. The summed E-state index contributed by atoms with van der Waals surface area (Å²) >= 11 is 12.1. The Kier molecular flexibility index (Phi) is 5.85. The van der Waals surface area contributed by atoms with Crippen LogP contribution in [-0.2, 0) is 16.1 Å². The number of fused-ring (bicyclic) bond motifs is 1. The number of aromatic nitrogens is 1. The molecule has 3 rings (SSSR count). The van der Waals surface area contributed by atoms with Crippen molar-refractivity contribution in [3.05, 3.63) is 75.4 Å². The van der Waals surface area contributed by atoms with Crippen molar-refractivity contribution in [1.29, 1.82) is 5.26 Å². The van der Waals surface area contributed by atoms with Gasteiger partial charge in [-0.25, -0.2) is 4.79 Å². The van der Waals surface area contributed by atoms with Gasteiger partial charge in [0.15, 0.2) is 0 Å². The van der Waals surface area contributed by atoms with Gasteiger partial charge in [-0.2, -0.15) is 5.26 Å². The largest absolute Gasteiger partial charge is 0.462 e. The monoisotopic (exact) mass is 398 g/mol. The normalized spacial score (nSPS) is 11.4. The third-order valence-corrected chi connectivity index (χ3v) is 4.81. The minimum absolute atomic E-state index is 0.0331. The Balaban J connectivity index is 2.04. The van der Waals surface area contributed by atoms with Crippen LogP contribution in [0.1, 0.15) is 18.1 Å². The number of nitriles is 1. The van der Waals surface area contributed by atoms with E-state index in [-0.39, 0.29) is 12.2 Å². The van der Waals surface area contributed by atoms with Crippen LogP contribution in [0.4, 0.5) is 0 Å². The molecular weight excluding hydrogens is 383 g/mol. The molecule has 3 aromatic rings. The summed E-state index contributed by atoms with van der Waals surface area (Å²) in [5.41, 5.74) is 2.71. The van der Waals surface area contributed by atoms with Crippen LogP contribution in [0, 0.1) is 11.3 Å². The molecule has 0 radical (unpaired) electrons. The predicted molar refractivity (Wildman–Crippen MR) is 108 cm³/mol. The van der Waals surface area contributed by atoms with E-state index in [4.69, 9.17) is 27.9 Å². The summed E-state index contributed by atoms with van der Waals surface area (Å²) in [6.45, 7) is 2.50. The maximum absolute atomic E-state index is 11.9. The molecular formula is C21H16Cl2N2O2. The average molecular weight is 399 g/mol. The third kappa shape index (κ3) is 4.16. The predicted octanol–water partition coefficient (Wildman–Crippen LogP) is 5.47. The zero-order valence-corrected chi connectivity index (χ0v) is 16.1. The van der Waals surface area contributed by atoms with Gasteiger partial charge < -0.3 is 9.30 Å². The Morgan fingerprint density at radius 3 is 2.70 bits per heavy atom. The minimum Gasteiger partial charge on any atom is -0.462 e. The van der Waals surface area contributed by atoms with E-state index in [0.717, 1.165) is 22.0 Å². The Morgan fingerprint density at radius 1 is 1.22 bits per heavy atom. The number of carbonyl (C=O) groups excluding carboxylic acids is 1. The fourth-order valence-corrected chi connectivity index (χ4v) is 3.18. The van der Waals surface area contributed by atoms with E-state index in [0.29, 0.717) is 16.6 Å². The molecule has 6 heteroatoms. The highest BCUT2D eigenvalue weighted by Gasteiger charge is 2.13. The summed E-state index contributed by atoms with van der Waals surface area (Å²) in [7, 11) is 0. The number of benzene rings is 2. The fourth-order valence-electron chi connectivity index (χ4n) is 2.86. The smallest absolute Gasteiger partial charge is 0.348 e. The van der Waals surface area contributed by atoms with Gasteiger partial charge in [-0.15, -0.1) is 0 Å². The van der Waals surface area contributed by atoms with Crippen molar-refractivity contribution in [1.82, 2.24) is 4.57 Å². The molecule has 0 aliphatic heterocycles. The van der Waals surface area contributed by atoms with Crippen molar-refractivity contribution >= 4 is 46.2 Å². The highest BCUT2D eigenvalue weighted by molar-refractivity contribution is 6.42. The number of ether oxygens (including phenoxy) is 1. The zero-order valence-electron chi connectivity index (χ0n) is 14.6. The first kappa shape index (κ1) is 19.0. The maximum atomic E-state index is 11.9. The Bertz CT molecular complexity index is 1080. The van der Waals surface area contributed by atoms with Crippen molar-refractivity contribution in [2.75, 3.05) is 6.61 Å². The van der Waals surface area contributed by atoms with Crippen molar-refractivity contribution in [2.24, 2.45) is 0 Å². The molecule has 0 amide bonds. The number of nitrogens with zero attached hydrogens (tertiary/aromatic N) is 2. The first-order valence-corrected chi connectivity index (χ1v) is 9.09. The molecule has 27 heavy (non-hydrogen) atoms. The van der Waals surface area contributed by atoms with Crippen LogP contribution in [-0.4, -0.2) is 17.1 Å². The summed E-state index contributed by atoms with van der Waals surface area (Å²) in [6, 6.07) is 15.2. The molecule has 0 fully saturated rings. The van der Waals surface area contributed by atoms with Crippen LogP contribution >= 0.6 is 23.2 Å². The zero-order chi connectivity index (χ0) is 19.4.